The van der Waals surface area contributed by atoms with Crippen molar-refractivity contribution in [3.05, 3.63) is 47.7 Å². The number of rotatable bonds is 5. The zero-order valence-electron chi connectivity index (χ0n) is 13.4. The summed E-state index contributed by atoms with van der Waals surface area (Å²) in [5, 5.41) is 15.2. The highest BCUT2D eigenvalue weighted by atomic mass is 32.1. The van der Waals surface area contributed by atoms with Crippen LogP contribution < -0.4 is 10.2 Å². The number of hydrogen-bond donors (Lipinski definition) is 1. The number of hydrogen-bond acceptors (Lipinski definition) is 7. The van der Waals surface area contributed by atoms with Crippen molar-refractivity contribution in [3.63, 3.8) is 0 Å². The van der Waals surface area contributed by atoms with Gasteiger partial charge in [0.1, 0.15) is 0 Å². The topological polar surface area (TPSA) is 66.8 Å². The Morgan fingerprint density at radius 2 is 2.00 bits per heavy atom. The van der Waals surface area contributed by atoms with Crippen LogP contribution in [-0.4, -0.2) is 39.8 Å². The Kier molecular flexibility index (Phi) is 4.08. The van der Waals surface area contributed by atoms with E-state index in [4.69, 9.17) is 0 Å². The largest absolute Gasteiger partial charge is 0.361 e. The molecule has 0 spiro atoms. The van der Waals surface area contributed by atoms with Gasteiger partial charge in [0.05, 0.1) is 11.4 Å². The van der Waals surface area contributed by atoms with Gasteiger partial charge in [-0.3, -0.25) is 4.98 Å². The highest BCUT2D eigenvalue weighted by Gasteiger charge is 2.27. The molecule has 3 aromatic rings. The molecule has 0 unspecified atom stereocenters. The van der Waals surface area contributed by atoms with Gasteiger partial charge in [0.15, 0.2) is 10.9 Å². The second-order valence-electron chi connectivity index (χ2n) is 5.96. The van der Waals surface area contributed by atoms with Gasteiger partial charge in [0.25, 0.3) is 0 Å². The molecule has 4 rings (SSSR count). The molecule has 24 heavy (non-hydrogen) atoms. The maximum Gasteiger partial charge on any atom is 0.182 e. The van der Waals surface area contributed by atoms with Gasteiger partial charge < -0.3 is 10.2 Å². The predicted molar refractivity (Wildman–Crippen MR) is 96.3 cm³/mol. The van der Waals surface area contributed by atoms with Crippen LogP contribution in [0.5, 0.6) is 0 Å². The molecule has 6 nitrogen and oxygen atoms in total. The molecule has 0 atom stereocenters. The Morgan fingerprint density at radius 1 is 1.17 bits per heavy atom. The lowest BCUT2D eigenvalue weighted by Gasteiger charge is -2.39. The first kappa shape index (κ1) is 15.0. The monoisotopic (exact) mass is 338 g/mol. The quantitative estimate of drug-likeness (QED) is 0.772. The minimum Gasteiger partial charge on any atom is -0.361 e. The average molecular weight is 338 g/mol. The standard InChI is InChI=1S/C17H18N6S/c1-12-11-24-17(20-12)19-8-13-9-23(10-13)16-3-2-15(21-22-16)14-4-6-18-7-5-14/h2-7,11,13H,8-10H2,1H3,(H,19,20). The molecular weight excluding hydrogens is 320 g/mol. The lowest BCUT2D eigenvalue weighted by molar-refractivity contribution is 0.425. The summed E-state index contributed by atoms with van der Waals surface area (Å²) in [5.41, 5.74) is 2.98. The minimum absolute atomic E-state index is 0.621. The van der Waals surface area contributed by atoms with Gasteiger partial charge in [0.2, 0.25) is 0 Å². The molecule has 0 amide bonds. The summed E-state index contributed by atoms with van der Waals surface area (Å²) in [6.45, 7) is 4.97. The molecule has 3 aromatic heterocycles. The molecule has 0 radical (unpaired) electrons. The van der Waals surface area contributed by atoms with Gasteiger partial charge in [-0.15, -0.1) is 21.5 Å². The van der Waals surface area contributed by atoms with Crippen LogP contribution in [0.4, 0.5) is 10.9 Å². The molecule has 1 aliphatic heterocycles. The van der Waals surface area contributed by atoms with Crippen LogP contribution in [0.3, 0.4) is 0 Å². The van der Waals surface area contributed by atoms with Crippen molar-refractivity contribution in [3.8, 4) is 11.3 Å². The van der Waals surface area contributed by atoms with Gasteiger partial charge in [-0.2, -0.15) is 0 Å². The molecule has 0 aliphatic carbocycles. The number of pyridine rings is 1. The average Bonchev–Trinajstić information content (AvgIpc) is 3.00. The van der Waals surface area contributed by atoms with E-state index < -0.39 is 0 Å². The van der Waals surface area contributed by atoms with E-state index in [2.05, 4.69) is 35.8 Å². The Balaban J connectivity index is 1.30. The highest BCUT2D eigenvalue weighted by Crippen LogP contribution is 2.25. The summed E-state index contributed by atoms with van der Waals surface area (Å²) < 4.78 is 0. The molecule has 1 fully saturated rings. The van der Waals surface area contributed by atoms with Gasteiger partial charge in [-0.05, 0) is 31.2 Å². The number of aryl methyl sites for hydroxylation is 1. The molecular formula is C17H18N6S. The predicted octanol–water partition coefficient (Wildman–Crippen LogP) is 2.85. The summed E-state index contributed by atoms with van der Waals surface area (Å²) >= 11 is 1.66. The maximum absolute atomic E-state index is 4.42. The Morgan fingerprint density at radius 3 is 2.67 bits per heavy atom. The second kappa shape index (κ2) is 6.52. The SMILES string of the molecule is Cc1csc(NCC2CN(c3ccc(-c4ccncc4)nn3)C2)n1. The molecule has 0 saturated carbocycles. The first-order chi connectivity index (χ1) is 11.8. The van der Waals surface area contributed by atoms with Gasteiger partial charge in [-0.1, -0.05) is 0 Å². The van der Waals surface area contributed by atoms with E-state index in [-0.39, 0.29) is 0 Å². The molecule has 4 heterocycles. The fourth-order valence-electron chi connectivity index (χ4n) is 2.72. The molecule has 122 valence electrons. The van der Waals surface area contributed by atoms with E-state index in [9.17, 15) is 0 Å². The lowest BCUT2D eigenvalue weighted by Crippen LogP contribution is -2.50. The normalized spacial score (nSPS) is 14.5. The molecule has 7 heteroatoms. The van der Waals surface area contributed by atoms with Gasteiger partial charge in [-0.25, -0.2) is 4.98 Å². The van der Waals surface area contributed by atoms with E-state index in [1.165, 1.54) is 0 Å². The summed E-state index contributed by atoms with van der Waals surface area (Å²) in [6, 6.07) is 7.93. The van der Waals surface area contributed by atoms with E-state index in [0.29, 0.717) is 5.92 Å². The van der Waals surface area contributed by atoms with E-state index in [1.54, 1.807) is 23.7 Å². The third-order valence-corrected chi connectivity index (χ3v) is 4.99. The summed E-state index contributed by atoms with van der Waals surface area (Å²) in [6.07, 6.45) is 3.53. The molecule has 0 bridgehead atoms. The zero-order valence-corrected chi connectivity index (χ0v) is 14.2. The van der Waals surface area contributed by atoms with E-state index in [1.807, 2.05) is 31.2 Å². The highest BCUT2D eigenvalue weighted by molar-refractivity contribution is 7.13. The lowest BCUT2D eigenvalue weighted by atomic mass is 10.0. The van der Waals surface area contributed by atoms with Crippen molar-refractivity contribution in [2.75, 3.05) is 29.9 Å². The number of nitrogens with one attached hydrogen (secondary N) is 1. The Labute approximate surface area is 144 Å². The third-order valence-electron chi connectivity index (χ3n) is 4.07. The van der Waals surface area contributed by atoms with Crippen LogP contribution in [0.15, 0.2) is 42.0 Å². The summed E-state index contributed by atoms with van der Waals surface area (Å²) in [4.78, 5) is 10.7. The van der Waals surface area contributed by atoms with Gasteiger partial charge in [0, 0.05) is 48.9 Å². The number of nitrogens with zero attached hydrogens (tertiary/aromatic N) is 5. The minimum atomic E-state index is 0.621. The zero-order chi connectivity index (χ0) is 16.4. The summed E-state index contributed by atoms with van der Waals surface area (Å²) in [5.74, 6) is 1.56. The first-order valence-corrected chi connectivity index (χ1v) is 8.81. The maximum atomic E-state index is 4.42. The molecule has 1 aliphatic rings. The van der Waals surface area contributed by atoms with Crippen LogP contribution in [-0.2, 0) is 0 Å². The van der Waals surface area contributed by atoms with Gasteiger partial charge >= 0.3 is 0 Å². The molecule has 0 aromatic carbocycles. The Hall–Kier alpha value is -2.54. The van der Waals surface area contributed by atoms with Crippen LogP contribution >= 0.6 is 11.3 Å². The Bertz CT molecular complexity index is 795. The summed E-state index contributed by atoms with van der Waals surface area (Å²) in [7, 11) is 0. The number of anilines is 2. The van der Waals surface area contributed by atoms with Crippen LogP contribution in [0.25, 0.3) is 11.3 Å². The van der Waals surface area contributed by atoms with Crippen molar-refractivity contribution < 1.29 is 0 Å². The fraction of sp³-hybridized carbons (Fsp3) is 0.294. The van der Waals surface area contributed by atoms with Crippen molar-refractivity contribution in [2.24, 2.45) is 5.92 Å². The van der Waals surface area contributed by atoms with E-state index in [0.717, 1.165) is 47.5 Å². The van der Waals surface area contributed by atoms with Crippen LogP contribution in [0.2, 0.25) is 0 Å². The van der Waals surface area contributed by atoms with Crippen molar-refractivity contribution >= 4 is 22.3 Å². The van der Waals surface area contributed by atoms with Crippen LogP contribution in [0, 0.1) is 12.8 Å². The second-order valence-corrected chi connectivity index (χ2v) is 6.82. The van der Waals surface area contributed by atoms with Crippen LogP contribution in [0.1, 0.15) is 5.69 Å². The first-order valence-electron chi connectivity index (χ1n) is 7.93. The van der Waals surface area contributed by atoms with Crippen molar-refractivity contribution in [1.82, 2.24) is 20.2 Å². The number of aromatic nitrogens is 4. The van der Waals surface area contributed by atoms with Crippen molar-refractivity contribution in [2.45, 2.75) is 6.92 Å². The molecule has 1 saturated heterocycles. The smallest absolute Gasteiger partial charge is 0.182 e. The number of thiazole rings is 1. The third kappa shape index (κ3) is 3.21. The fourth-order valence-corrected chi connectivity index (χ4v) is 3.42. The van der Waals surface area contributed by atoms with E-state index >= 15 is 0 Å². The van der Waals surface area contributed by atoms with Crippen molar-refractivity contribution in [1.29, 1.82) is 0 Å². The molecule has 1 N–H and O–H groups in total.